The van der Waals surface area contributed by atoms with Gasteiger partial charge in [0.15, 0.2) is 0 Å². The number of aliphatic hydroxyl groups is 1. The van der Waals surface area contributed by atoms with Gasteiger partial charge in [-0.3, -0.25) is 0 Å². The van der Waals surface area contributed by atoms with Crippen molar-refractivity contribution in [1.29, 1.82) is 0 Å². The monoisotopic (exact) mass is 281 g/mol. The van der Waals surface area contributed by atoms with Gasteiger partial charge in [0.1, 0.15) is 0 Å². The number of aliphatic hydroxyl groups excluding tert-OH is 1. The zero-order valence-electron chi connectivity index (χ0n) is 10.2. The Morgan fingerprint density at radius 2 is 1.84 bits per heavy atom. The SMILES string of the molecule is O=S(=O)(NCc1ccoc1)c1ccc(CCO)cc1. The minimum Gasteiger partial charge on any atom is -0.472 e. The molecule has 1 aromatic heterocycles. The maximum Gasteiger partial charge on any atom is 0.240 e. The molecule has 6 heteroatoms. The lowest BCUT2D eigenvalue weighted by molar-refractivity contribution is 0.299. The highest BCUT2D eigenvalue weighted by Gasteiger charge is 2.13. The summed E-state index contributed by atoms with van der Waals surface area (Å²) in [6.45, 7) is 0.238. The second kappa shape index (κ2) is 6.01. The van der Waals surface area contributed by atoms with Crippen LogP contribution in [0.15, 0.2) is 52.2 Å². The quantitative estimate of drug-likeness (QED) is 0.836. The summed E-state index contributed by atoms with van der Waals surface area (Å²) in [6.07, 6.45) is 3.50. The minimum absolute atomic E-state index is 0.0465. The van der Waals surface area contributed by atoms with Crippen LogP contribution in [0.4, 0.5) is 0 Å². The Morgan fingerprint density at radius 3 is 2.42 bits per heavy atom. The second-order valence-corrected chi connectivity index (χ2v) is 5.84. The van der Waals surface area contributed by atoms with Crippen molar-refractivity contribution >= 4 is 10.0 Å². The van der Waals surface area contributed by atoms with E-state index in [4.69, 9.17) is 9.52 Å². The van der Waals surface area contributed by atoms with Crippen LogP contribution in [-0.4, -0.2) is 20.1 Å². The fraction of sp³-hybridized carbons (Fsp3) is 0.231. The molecular formula is C13H15NO4S. The number of furan rings is 1. The zero-order chi connectivity index (χ0) is 13.7. The molecule has 1 aromatic carbocycles. The van der Waals surface area contributed by atoms with Gasteiger partial charge in [0.05, 0.1) is 17.4 Å². The highest BCUT2D eigenvalue weighted by atomic mass is 32.2. The zero-order valence-corrected chi connectivity index (χ0v) is 11.1. The molecule has 0 saturated heterocycles. The number of hydrogen-bond acceptors (Lipinski definition) is 4. The van der Waals surface area contributed by atoms with Crippen LogP contribution in [0.25, 0.3) is 0 Å². The van der Waals surface area contributed by atoms with Crippen molar-refractivity contribution in [3.63, 3.8) is 0 Å². The molecule has 0 saturated carbocycles. The fourth-order valence-corrected chi connectivity index (χ4v) is 2.64. The second-order valence-electron chi connectivity index (χ2n) is 4.07. The third kappa shape index (κ3) is 3.66. The predicted octanol–water partition coefficient (Wildman–Crippen LogP) is 1.29. The van der Waals surface area contributed by atoms with Gasteiger partial charge in [-0.1, -0.05) is 12.1 Å². The summed E-state index contributed by atoms with van der Waals surface area (Å²) in [5.41, 5.74) is 1.66. The molecule has 0 radical (unpaired) electrons. The third-order valence-corrected chi connectivity index (χ3v) is 4.10. The molecule has 5 nitrogen and oxygen atoms in total. The number of nitrogens with one attached hydrogen (secondary N) is 1. The number of hydrogen-bond donors (Lipinski definition) is 2. The van der Waals surface area contributed by atoms with Gasteiger partial charge in [0, 0.05) is 18.7 Å². The van der Waals surface area contributed by atoms with E-state index in [0.717, 1.165) is 11.1 Å². The standard InChI is InChI=1S/C13H15NO4S/c15-7-5-11-1-3-13(4-2-11)19(16,17)14-9-12-6-8-18-10-12/h1-4,6,8,10,14-15H,5,7,9H2. The van der Waals surface area contributed by atoms with E-state index in [2.05, 4.69) is 4.72 Å². The summed E-state index contributed by atoms with van der Waals surface area (Å²) in [6, 6.07) is 8.16. The Bertz CT molecular complexity index is 603. The molecule has 102 valence electrons. The van der Waals surface area contributed by atoms with E-state index < -0.39 is 10.0 Å². The lowest BCUT2D eigenvalue weighted by Crippen LogP contribution is -2.22. The van der Waals surface area contributed by atoms with Crippen molar-refractivity contribution in [2.45, 2.75) is 17.9 Å². The van der Waals surface area contributed by atoms with Crippen molar-refractivity contribution in [3.05, 3.63) is 54.0 Å². The van der Waals surface area contributed by atoms with Crippen LogP contribution in [0.3, 0.4) is 0 Å². The van der Waals surface area contributed by atoms with Crippen molar-refractivity contribution in [1.82, 2.24) is 4.72 Å². The summed E-state index contributed by atoms with van der Waals surface area (Å²) < 4.78 is 31.4. The van der Waals surface area contributed by atoms with Crippen LogP contribution in [0, 0.1) is 0 Å². The first-order valence-corrected chi connectivity index (χ1v) is 7.31. The average molecular weight is 281 g/mol. The highest BCUT2D eigenvalue weighted by molar-refractivity contribution is 7.89. The molecule has 0 amide bonds. The van der Waals surface area contributed by atoms with E-state index in [1.54, 1.807) is 18.2 Å². The van der Waals surface area contributed by atoms with E-state index in [9.17, 15) is 8.42 Å². The van der Waals surface area contributed by atoms with E-state index >= 15 is 0 Å². The summed E-state index contributed by atoms with van der Waals surface area (Å²) in [5.74, 6) is 0. The number of sulfonamides is 1. The van der Waals surface area contributed by atoms with E-state index in [-0.39, 0.29) is 18.0 Å². The molecule has 0 atom stereocenters. The Kier molecular flexibility index (Phi) is 4.36. The van der Waals surface area contributed by atoms with Gasteiger partial charge >= 0.3 is 0 Å². The molecule has 2 aromatic rings. The third-order valence-electron chi connectivity index (χ3n) is 2.68. The van der Waals surface area contributed by atoms with Crippen molar-refractivity contribution in [2.24, 2.45) is 0 Å². The molecule has 0 unspecified atom stereocenters. The van der Waals surface area contributed by atoms with Gasteiger partial charge in [-0.25, -0.2) is 13.1 Å². The molecule has 2 N–H and O–H groups in total. The lowest BCUT2D eigenvalue weighted by Gasteiger charge is -2.06. The van der Waals surface area contributed by atoms with Gasteiger partial charge in [-0.2, -0.15) is 0 Å². The number of benzene rings is 1. The predicted molar refractivity (Wildman–Crippen MR) is 70.0 cm³/mol. The van der Waals surface area contributed by atoms with E-state index in [0.29, 0.717) is 6.42 Å². The first-order valence-electron chi connectivity index (χ1n) is 5.82. The van der Waals surface area contributed by atoms with Gasteiger partial charge < -0.3 is 9.52 Å². The topological polar surface area (TPSA) is 79.5 Å². The van der Waals surface area contributed by atoms with Gasteiger partial charge in [-0.05, 0) is 30.2 Å². The largest absolute Gasteiger partial charge is 0.472 e. The van der Waals surface area contributed by atoms with E-state index in [1.165, 1.54) is 24.7 Å². The van der Waals surface area contributed by atoms with Crippen LogP contribution in [0.5, 0.6) is 0 Å². The molecular weight excluding hydrogens is 266 g/mol. The molecule has 1 heterocycles. The van der Waals surface area contributed by atoms with Gasteiger partial charge in [0.25, 0.3) is 0 Å². The summed E-state index contributed by atoms with van der Waals surface area (Å²) in [5, 5.41) is 8.80. The molecule has 0 fully saturated rings. The van der Waals surface area contributed by atoms with Crippen LogP contribution < -0.4 is 4.72 Å². The summed E-state index contributed by atoms with van der Waals surface area (Å²) in [7, 11) is -3.52. The van der Waals surface area contributed by atoms with Crippen LogP contribution >= 0.6 is 0 Å². The summed E-state index contributed by atoms with van der Waals surface area (Å²) >= 11 is 0. The van der Waals surface area contributed by atoms with Crippen molar-refractivity contribution < 1.29 is 17.9 Å². The molecule has 0 spiro atoms. The fourth-order valence-electron chi connectivity index (χ4n) is 1.62. The maximum absolute atomic E-state index is 12.0. The Labute approximate surface area is 111 Å². The molecule has 0 aliphatic rings. The average Bonchev–Trinajstić information content (AvgIpc) is 2.91. The Hall–Kier alpha value is -1.63. The Morgan fingerprint density at radius 1 is 1.11 bits per heavy atom. The lowest BCUT2D eigenvalue weighted by atomic mass is 10.2. The molecule has 0 aliphatic heterocycles. The van der Waals surface area contributed by atoms with Gasteiger partial charge in [-0.15, -0.1) is 0 Å². The smallest absolute Gasteiger partial charge is 0.240 e. The summed E-state index contributed by atoms with van der Waals surface area (Å²) in [4.78, 5) is 0.206. The van der Waals surface area contributed by atoms with E-state index in [1.807, 2.05) is 0 Å². The molecule has 0 bridgehead atoms. The maximum atomic E-state index is 12.0. The van der Waals surface area contributed by atoms with Crippen LogP contribution in [0.2, 0.25) is 0 Å². The molecule has 2 rings (SSSR count). The van der Waals surface area contributed by atoms with Crippen LogP contribution in [0.1, 0.15) is 11.1 Å². The number of rotatable bonds is 6. The van der Waals surface area contributed by atoms with Crippen molar-refractivity contribution in [2.75, 3.05) is 6.61 Å². The highest BCUT2D eigenvalue weighted by Crippen LogP contribution is 2.11. The molecule has 0 aliphatic carbocycles. The molecule has 19 heavy (non-hydrogen) atoms. The van der Waals surface area contributed by atoms with Crippen molar-refractivity contribution in [3.8, 4) is 0 Å². The first-order chi connectivity index (χ1) is 9.12. The van der Waals surface area contributed by atoms with Crippen LogP contribution in [-0.2, 0) is 23.0 Å². The first kappa shape index (κ1) is 13.8. The van der Waals surface area contributed by atoms with Gasteiger partial charge in [0.2, 0.25) is 10.0 Å². The minimum atomic E-state index is -3.52. The Balaban J connectivity index is 2.06. The normalized spacial score (nSPS) is 11.6.